The Bertz CT molecular complexity index is 657. The van der Waals surface area contributed by atoms with Crippen molar-refractivity contribution in [1.82, 2.24) is 0 Å². The van der Waals surface area contributed by atoms with Crippen LogP contribution in [0.25, 0.3) is 0 Å². The summed E-state index contributed by atoms with van der Waals surface area (Å²) in [6.45, 7) is 8.83. The van der Waals surface area contributed by atoms with Crippen LogP contribution >= 0.6 is 0 Å². The molecule has 0 saturated heterocycles. The fraction of sp³-hybridized carbons (Fsp3) is 0.316. The molecular weight excluding hydrogens is 272 g/mol. The Kier molecular flexibility index (Phi) is 5.21. The predicted molar refractivity (Wildman–Crippen MR) is 93.6 cm³/mol. The second kappa shape index (κ2) is 7.12. The third kappa shape index (κ3) is 3.88. The minimum absolute atomic E-state index is 0.0372. The van der Waals surface area contributed by atoms with Gasteiger partial charge >= 0.3 is 0 Å². The molecule has 3 heteroatoms. The number of aryl methyl sites for hydroxylation is 3. The summed E-state index contributed by atoms with van der Waals surface area (Å²) in [6.07, 6.45) is 0.446. The molecule has 2 aromatic carbocycles. The van der Waals surface area contributed by atoms with Crippen molar-refractivity contribution in [2.45, 2.75) is 34.1 Å². The van der Waals surface area contributed by atoms with Crippen molar-refractivity contribution in [3.63, 3.8) is 0 Å². The van der Waals surface area contributed by atoms with E-state index in [-0.39, 0.29) is 5.91 Å². The van der Waals surface area contributed by atoms with Gasteiger partial charge in [0.25, 0.3) is 0 Å². The van der Waals surface area contributed by atoms with E-state index in [2.05, 4.69) is 30.5 Å². The van der Waals surface area contributed by atoms with Crippen LogP contribution in [0.3, 0.4) is 0 Å². The summed E-state index contributed by atoms with van der Waals surface area (Å²) >= 11 is 0. The van der Waals surface area contributed by atoms with Crippen LogP contribution < -0.4 is 10.6 Å². The lowest BCUT2D eigenvalue weighted by molar-refractivity contribution is -0.115. The zero-order chi connectivity index (χ0) is 16.1. The maximum atomic E-state index is 12.1. The largest absolute Gasteiger partial charge is 0.384 e. The fourth-order valence-corrected chi connectivity index (χ4v) is 2.47. The summed E-state index contributed by atoms with van der Waals surface area (Å²) in [5.74, 6) is 0.0372. The van der Waals surface area contributed by atoms with Gasteiger partial charge in [0.1, 0.15) is 0 Å². The van der Waals surface area contributed by atoms with E-state index in [0.717, 1.165) is 22.5 Å². The Morgan fingerprint density at radius 1 is 0.909 bits per heavy atom. The standard InChI is InChI=1S/C19H24N2O/c1-13-7-6-10-17(16(13)4)20-12-11-18(22)21-19-14(2)8-5-9-15(19)3/h5-10,20H,11-12H2,1-4H3,(H,21,22). The van der Waals surface area contributed by atoms with E-state index < -0.39 is 0 Å². The second-order valence-corrected chi connectivity index (χ2v) is 5.74. The van der Waals surface area contributed by atoms with Gasteiger partial charge in [-0.2, -0.15) is 0 Å². The molecular formula is C19H24N2O. The lowest BCUT2D eigenvalue weighted by atomic mass is 10.1. The van der Waals surface area contributed by atoms with Gasteiger partial charge in [0.05, 0.1) is 0 Å². The third-order valence-electron chi connectivity index (χ3n) is 4.02. The Morgan fingerprint density at radius 3 is 2.18 bits per heavy atom. The quantitative estimate of drug-likeness (QED) is 0.860. The lowest BCUT2D eigenvalue weighted by Crippen LogP contribution is -2.17. The van der Waals surface area contributed by atoms with Crippen molar-refractivity contribution in [1.29, 1.82) is 0 Å². The van der Waals surface area contributed by atoms with Crippen LogP contribution in [-0.4, -0.2) is 12.5 Å². The van der Waals surface area contributed by atoms with Crippen LogP contribution in [0, 0.1) is 27.7 Å². The third-order valence-corrected chi connectivity index (χ3v) is 4.02. The second-order valence-electron chi connectivity index (χ2n) is 5.74. The Labute approximate surface area is 132 Å². The Morgan fingerprint density at radius 2 is 1.50 bits per heavy atom. The number of nitrogens with one attached hydrogen (secondary N) is 2. The van der Waals surface area contributed by atoms with Gasteiger partial charge < -0.3 is 10.6 Å². The Balaban J connectivity index is 1.90. The molecule has 0 spiro atoms. The van der Waals surface area contributed by atoms with E-state index in [4.69, 9.17) is 0 Å². The first-order chi connectivity index (χ1) is 10.5. The average molecular weight is 296 g/mol. The summed E-state index contributed by atoms with van der Waals surface area (Å²) in [4.78, 5) is 12.1. The van der Waals surface area contributed by atoms with E-state index in [1.165, 1.54) is 11.1 Å². The first-order valence-corrected chi connectivity index (χ1v) is 7.65. The first-order valence-electron chi connectivity index (χ1n) is 7.65. The van der Waals surface area contributed by atoms with Crippen LogP contribution in [0.1, 0.15) is 28.7 Å². The van der Waals surface area contributed by atoms with E-state index in [0.29, 0.717) is 13.0 Å². The van der Waals surface area contributed by atoms with Crippen LogP contribution in [0.4, 0.5) is 11.4 Å². The summed E-state index contributed by atoms with van der Waals surface area (Å²) in [5.41, 5.74) is 6.70. The van der Waals surface area contributed by atoms with Crippen molar-refractivity contribution < 1.29 is 4.79 Å². The number of hydrogen-bond acceptors (Lipinski definition) is 2. The monoisotopic (exact) mass is 296 g/mol. The van der Waals surface area contributed by atoms with E-state index >= 15 is 0 Å². The molecule has 0 aromatic heterocycles. The Hall–Kier alpha value is -2.29. The van der Waals surface area contributed by atoms with Gasteiger partial charge in [-0.25, -0.2) is 0 Å². The highest BCUT2D eigenvalue weighted by molar-refractivity contribution is 5.92. The number of para-hydroxylation sites is 1. The van der Waals surface area contributed by atoms with Gasteiger partial charge in [0.2, 0.25) is 5.91 Å². The number of amides is 1. The van der Waals surface area contributed by atoms with Crippen molar-refractivity contribution in [2.24, 2.45) is 0 Å². The molecule has 0 saturated carbocycles. The number of benzene rings is 2. The summed E-state index contributed by atoms with van der Waals surface area (Å²) in [5, 5.41) is 6.35. The molecule has 0 aliphatic carbocycles. The van der Waals surface area contributed by atoms with Crippen molar-refractivity contribution in [3.05, 3.63) is 58.7 Å². The van der Waals surface area contributed by atoms with E-state index in [1.807, 2.05) is 44.2 Å². The minimum Gasteiger partial charge on any atom is -0.384 e. The predicted octanol–water partition coefficient (Wildman–Crippen LogP) is 4.36. The zero-order valence-corrected chi connectivity index (χ0v) is 13.8. The highest BCUT2D eigenvalue weighted by Gasteiger charge is 2.07. The molecule has 0 radical (unpaired) electrons. The molecule has 0 bridgehead atoms. The van der Waals surface area contributed by atoms with Crippen LogP contribution in [-0.2, 0) is 4.79 Å². The average Bonchev–Trinajstić information content (AvgIpc) is 2.47. The molecule has 0 atom stereocenters. The van der Waals surface area contributed by atoms with Crippen LogP contribution in [0.15, 0.2) is 36.4 Å². The van der Waals surface area contributed by atoms with Gasteiger partial charge in [-0.3, -0.25) is 4.79 Å². The number of carbonyl (C=O) groups is 1. The topological polar surface area (TPSA) is 41.1 Å². The summed E-state index contributed by atoms with van der Waals surface area (Å²) in [6, 6.07) is 12.2. The maximum Gasteiger partial charge on any atom is 0.226 e. The summed E-state index contributed by atoms with van der Waals surface area (Å²) < 4.78 is 0. The number of anilines is 2. The van der Waals surface area contributed by atoms with Gasteiger partial charge in [-0.1, -0.05) is 30.3 Å². The molecule has 2 rings (SSSR count). The molecule has 1 amide bonds. The van der Waals surface area contributed by atoms with E-state index in [1.54, 1.807) is 0 Å². The molecule has 0 aliphatic heterocycles. The summed E-state index contributed by atoms with van der Waals surface area (Å²) in [7, 11) is 0. The molecule has 0 aliphatic rings. The van der Waals surface area contributed by atoms with Crippen molar-refractivity contribution >= 4 is 17.3 Å². The molecule has 2 N–H and O–H groups in total. The molecule has 0 fully saturated rings. The highest BCUT2D eigenvalue weighted by atomic mass is 16.1. The minimum atomic E-state index is 0.0372. The molecule has 0 unspecified atom stereocenters. The van der Waals surface area contributed by atoms with E-state index in [9.17, 15) is 4.79 Å². The lowest BCUT2D eigenvalue weighted by Gasteiger charge is -2.13. The van der Waals surface area contributed by atoms with Gasteiger partial charge in [0.15, 0.2) is 0 Å². The molecule has 22 heavy (non-hydrogen) atoms. The van der Waals surface area contributed by atoms with Crippen molar-refractivity contribution in [3.8, 4) is 0 Å². The molecule has 2 aromatic rings. The number of carbonyl (C=O) groups excluding carboxylic acids is 1. The maximum absolute atomic E-state index is 12.1. The van der Waals surface area contributed by atoms with Gasteiger partial charge in [0, 0.05) is 24.3 Å². The number of hydrogen-bond donors (Lipinski definition) is 2. The highest BCUT2D eigenvalue weighted by Crippen LogP contribution is 2.20. The SMILES string of the molecule is Cc1cccc(NCCC(=O)Nc2c(C)cccc2C)c1C. The molecule has 0 heterocycles. The van der Waals surface area contributed by atoms with Gasteiger partial charge in [-0.15, -0.1) is 0 Å². The van der Waals surface area contributed by atoms with Crippen molar-refractivity contribution in [2.75, 3.05) is 17.2 Å². The van der Waals surface area contributed by atoms with Crippen LogP contribution in [0.2, 0.25) is 0 Å². The van der Waals surface area contributed by atoms with Gasteiger partial charge in [-0.05, 0) is 56.0 Å². The normalized spacial score (nSPS) is 10.4. The smallest absolute Gasteiger partial charge is 0.226 e. The first kappa shape index (κ1) is 16.1. The zero-order valence-electron chi connectivity index (χ0n) is 13.8. The molecule has 116 valence electrons. The molecule has 3 nitrogen and oxygen atoms in total. The number of rotatable bonds is 5. The fourth-order valence-electron chi connectivity index (χ4n) is 2.47. The van der Waals surface area contributed by atoms with Crippen LogP contribution in [0.5, 0.6) is 0 Å².